The fraction of sp³-hybridized carbons (Fsp3) is 0. The first-order chi connectivity index (χ1) is 22.1. The Balaban J connectivity index is 1.23. The average molecular weight is 549 g/mol. The highest BCUT2D eigenvalue weighted by Crippen LogP contribution is 2.45. The molecule has 1 heteroatoms. The molecule has 0 amide bonds. The molecule has 9 rings (SSSR count). The van der Waals surface area contributed by atoms with Crippen LogP contribution in [0.25, 0.3) is 87.6 Å². The Morgan fingerprint density at radius 2 is 0.907 bits per heavy atom. The smallest absolute Gasteiger partial charge is 0.135 e. The minimum atomic E-state index is 0.447. The molecule has 0 radical (unpaired) electrons. The standard InChI is InChI=1S/C42H26O/c1-2-10-30-25-31(22-19-27(30)9-1)28-17-20-29(21-18-28)41-34-12-3-5-14-36(34)42(37-15-6-4-13-35(37)41)32-23-24-40-38(26-32)33-11-7-8-16-39(33)43-40/h1-26H/i1D,8D. The van der Waals surface area contributed by atoms with Gasteiger partial charge >= 0.3 is 0 Å². The summed E-state index contributed by atoms with van der Waals surface area (Å²) in [6.45, 7) is 0. The van der Waals surface area contributed by atoms with Gasteiger partial charge in [0.15, 0.2) is 0 Å². The average Bonchev–Trinajstić information content (AvgIpc) is 3.43. The summed E-state index contributed by atoms with van der Waals surface area (Å²) in [5, 5.41) is 9.16. The van der Waals surface area contributed by atoms with Gasteiger partial charge in [-0.2, -0.15) is 0 Å². The third-order valence-corrected chi connectivity index (χ3v) is 8.73. The summed E-state index contributed by atoms with van der Waals surface area (Å²) in [5.74, 6) is 0. The molecule has 0 fully saturated rings. The topological polar surface area (TPSA) is 13.1 Å². The molecule has 0 spiro atoms. The van der Waals surface area contributed by atoms with Crippen LogP contribution in [0, 0.1) is 0 Å². The molecule has 9 aromatic rings. The molecule has 0 N–H and O–H groups in total. The van der Waals surface area contributed by atoms with E-state index in [-0.39, 0.29) is 0 Å². The lowest BCUT2D eigenvalue weighted by Crippen LogP contribution is -1.91. The van der Waals surface area contributed by atoms with Gasteiger partial charge in [-0.05, 0) is 90.0 Å². The summed E-state index contributed by atoms with van der Waals surface area (Å²) in [4.78, 5) is 0. The zero-order valence-corrected chi connectivity index (χ0v) is 23.3. The van der Waals surface area contributed by atoms with E-state index in [0.717, 1.165) is 43.8 Å². The van der Waals surface area contributed by atoms with E-state index in [1.54, 1.807) is 6.07 Å². The van der Waals surface area contributed by atoms with Crippen molar-refractivity contribution >= 4 is 54.3 Å². The van der Waals surface area contributed by atoms with Gasteiger partial charge in [-0.3, -0.25) is 0 Å². The molecule has 0 unspecified atom stereocenters. The highest BCUT2D eigenvalue weighted by Gasteiger charge is 2.17. The minimum Gasteiger partial charge on any atom is -0.456 e. The molecule has 43 heavy (non-hydrogen) atoms. The Bertz CT molecular complexity index is 2550. The van der Waals surface area contributed by atoms with E-state index in [9.17, 15) is 0 Å². The van der Waals surface area contributed by atoms with Gasteiger partial charge in [0.1, 0.15) is 11.2 Å². The summed E-state index contributed by atoms with van der Waals surface area (Å²) in [6, 6.07) is 51.6. The normalized spacial score (nSPS) is 12.4. The van der Waals surface area contributed by atoms with Crippen molar-refractivity contribution in [1.29, 1.82) is 0 Å². The molecule has 1 aromatic heterocycles. The third kappa shape index (κ3) is 3.79. The van der Waals surface area contributed by atoms with Gasteiger partial charge in [-0.15, -0.1) is 0 Å². The van der Waals surface area contributed by atoms with Crippen molar-refractivity contribution in [3.8, 4) is 33.4 Å². The van der Waals surface area contributed by atoms with Crippen molar-refractivity contribution in [3.05, 3.63) is 158 Å². The van der Waals surface area contributed by atoms with Gasteiger partial charge in [-0.25, -0.2) is 0 Å². The first-order valence-corrected chi connectivity index (χ1v) is 14.6. The van der Waals surface area contributed by atoms with Crippen molar-refractivity contribution in [2.24, 2.45) is 0 Å². The Kier molecular flexibility index (Phi) is 4.83. The van der Waals surface area contributed by atoms with Crippen molar-refractivity contribution in [3.63, 3.8) is 0 Å². The number of para-hydroxylation sites is 1. The van der Waals surface area contributed by atoms with Crippen LogP contribution in [0.4, 0.5) is 0 Å². The lowest BCUT2D eigenvalue weighted by Gasteiger charge is -2.18. The van der Waals surface area contributed by atoms with Gasteiger partial charge in [0.2, 0.25) is 0 Å². The summed E-state index contributed by atoms with van der Waals surface area (Å²) < 4.78 is 22.1. The Labute approximate surface area is 252 Å². The van der Waals surface area contributed by atoms with Crippen LogP contribution in [0.1, 0.15) is 2.74 Å². The van der Waals surface area contributed by atoms with E-state index in [1.165, 1.54) is 43.8 Å². The number of rotatable bonds is 3. The van der Waals surface area contributed by atoms with Crippen molar-refractivity contribution in [1.82, 2.24) is 0 Å². The van der Waals surface area contributed by atoms with E-state index >= 15 is 0 Å². The number of hydrogen-bond acceptors (Lipinski definition) is 1. The highest BCUT2D eigenvalue weighted by molar-refractivity contribution is 6.22. The maximum Gasteiger partial charge on any atom is 0.135 e. The Hall–Kier alpha value is -5.66. The van der Waals surface area contributed by atoms with Crippen LogP contribution in [-0.4, -0.2) is 0 Å². The highest BCUT2D eigenvalue weighted by atomic mass is 16.3. The van der Waals surface area contributed by atoms with Crippen LogP contribution in [0.5, 0.6) is 0 Å². The van der Waals surface area contributed by atoms with Crippen LogP contribution in [0.2, 0.25) is 0 Å². The van der Waals surface area contributed by atoms with Crippen LogP contribution in [-0.2, 0) is 0 Å². The minimum absolute atomic E-state index is 0.447. The number of furan rings is 1. The molecular formula is C42H26O. The molecule has 0 saturated heterocycles. The molecule has 0 aliphatic carbocycles. The van der Waals surface area contributed by atoms with Gasteiger partial charge < -0.3 is 4.42 Å². The Morgan fingerprint density at radius 1 is 0.349 bits per heavy atom. The van der Waals surface area contributed by atoms with Crippen LogP contribution in [0.3, 0.4) is 0 Å². The number of hydrogen-bond donors (Lipinski definition) is 0. The quantitative estimate of drug-likeness (QED) is 0.200. The van der Waals surface area contributed by atoms with Crippen LogP contribution >= 0.6 is 0 Å². The predicted molar refractivity (Wildman–Crippen MR) is 183 cm³/mol. The summed E-state index contributed by atoms with van der Waals surface area (Å²) in [7, 11) is 0. The van der Waals surface area contributed by atoms with Crippen LogP contribution < -0.4 is 0 Å². The molecule has 200 valence electrons. The zero-order valence-electron chi connectivity index (χ0n) is 25.3. The summed E-state index contributed by atoms with van der Waals surface area (Å²) >= 11 is 0. The van der Waals surface area contributed by atoms with Crippen molar-refractivity contribution in [2.45, 2.75) is 0 Å². The largest absolute Gasteiger partial charge is 0.456 e. The zero-order chi connectivity index (χ0) is 30.1. The van der Waals surface area contributed by atoms with E-state index in [2.05, 4.69) is 109 Å². The molecule has 8 aromatic carbocycles. The fourth-order valence-corrected chi connectivity index (χ4v) is 6.71. The summed E-state index contributed by atoms with van der Waals surface area (Å²) in [6.07, 6.45) is 0. The lowest BCUT2D eigenvalue weighted by atomic mass is 9.85. The molecule has 1 heterocycles. The maximum atomic E-state index is 8.02. The first-order valence-electron chi connectivity index (χ1n) is 15.6. The number of fused-ring (bicyclic) bond motifs is 6. The summed E-state index contributed by atoms with van der Waals surface area (Å²) in [5.41, 5.74) is 8.67. The first kappa shape index (κ1) is 22.0. The van der Waals surface area contributed by atoms with Gasteiger partial charge in [0, 0.05) is 10.8 Å². The number of benzene rings is 8. The molecule has 0 bridgehead atoms. The second kappa shape index (κ2) is 9.44. The Morgan fingerprint density at radius 3 is 1.65 bits per heavy atom. The monoisotopic (exact) mass is 548 g/mol. The molecule has 0 aliphatic rings. The maximum absolute atomic E-state index is 8.02. The molecule has 0 saturated carbocycles. The van der Waals surface area contributed by atoms with E-state index in [1.807, 2.05) is 30.3 Å². The second-order valence-electron chi connectivity index (χ2n) is 11.1. The third-order valence-electron chi connectivity index (χ3n) is 8.73. The second-order valence-corrected chi connectivity index (χ2v) is 11.1. The molecule has 1 nitrogen and oxygen atoms in total. The van der Waals surface area contributed by atoms with Gasteiger partial charge in [0.25, 0.3) is 0 Å². The fourth-order valence-electron chi connectivity index (χ4n) is 6.71. The predicted octanol–water partition coefficient (Wildman–Crippen LogP) is 12.0. The van der Waals surface area contributed by atoms with Crippen LogP contribution in [0.15, 0.2) is 162 Å². The lowest BCUT2D eigenvalue weighted by molar-refractivity contribution is 0.669. The van der Waals surface area contributed by atoms with E-state index < -0.39 is 0 Å². The van der Waals surface area contributed by atoms with Gasteiger partial charge in [-0.1, -0.05) is 133 Å². The van der Waals surface area contributed by atoms with E-state index in [0.29, 0.717) is 12.1 Å². The SMILES string of the molecule is [2H]c1ccc2cc(-c3ccc(-c4c5ccccc5c(-c5ccc6oc7cc([2H])ccc7c6c5)c5ccccc45)cc3)ccc2c1. The van der Waals surface area contributed by atoms with E-state index in [4.69, 9.17) is 7.16 Å². The van der Waals surface area contributed by atoms with Gasteiger partial charge in [0.05, 0.1) is 2.74 Å². The van der Waals surface area contributed by atoms with Crippen molar-refractivity contribution < 1.29 is 7.16 Å². The van der Waals surface area contributed by atoms with Crippen molar-refractivity contribution in [2.75, 3.05) is 0 Å². The molecule has 0 aliphatic heterocycles. The molecule has 0 atom stereocenters. The molecular weight excluding hydrogens is 520 g/mol.